The Labute approximate surface area is 144 Å². The second-order valence-corrected chi connectivity index (χ2v) is 5.25. The molecule has 0 aliphatic heterocycles. The highest BCUT2D eigenvalue weighted by Crippen LogP contribution is 2.06. The largest absolute Gasteiger partial charge is 0.452 e. The van der Waals surface area contributed by atoms with Crippen LogP contribution in [0.5, 0.6) is 0 Å². The summed E-state index contributed by atoms with van der Waals surface area (Å²) in [6.45, 7) is 1.37. The molecule has 0 aliphatic rings. The molecule has 1 atom stereocenters. The van der Waals surface area contributed by atoms with Gasteiger partial charge in [-0.3, -0.25) is 25.2 Å². The molecule has 0 aliphatic carbocycles. The van der Waals surface area contributed by atoms with Crippen molar-refractivity contribution in [3.05, 3.63) is 71.5 Å². The Bertz CT molecular complexity index is 765. The summed E-state index contributed by atoms with van der Waals surface area (Å²) in [5.74, 6) is -2.31. The molecule has 0 saturated heterocycles. The molecule has 2 aromatic carbocycles. The fraction of sp³-hybridized carbons (Fsp3) is 0.167. The van der Waals surface area contributed by atoms with Crippen LogP contribution >= 0.6 is 0 Å². The Balaban J connectivity index is 1.79. The highest BCUT2D eigenvalue weighted by atomic mass is 19.1. The Hall–Kier alpha value is -3.22. The number of amides is 2. The van der Waals surface area contributed by atoms with Gasteiger partial charge >= 0.3 is 5.97 Å². The summed E-state index contributed by atoms with van der Waals surface area (Å²) in [7, 11) is 0. The monoisotopic (exact) mass is 344 g/mol. The van der Waals surface area contributed by atoms with E-state index in [1.54, 1.807) is 36.4 Å². The third-order valence-corrected chi connectivity index (χ3v) is 3.25. The number of carbonyl (C=O) groups excluding carboxylic acids is 3. The summed E-state index contributed by atoms with van der Waals surface area (Å²) in [6, 6.07) is 13.8. The Morgan fingerprint density at radius 2 is 1.76 bits per heavy atom. The number of rotatable bonds is 5. The second-order valence-electron chi connectivity index (χ2n) is 5.25. The topological polar surface area (TPSA) is 84.5 Å². The van der Waals surface area contributed by atoms with Crippen LogP contribution < -0.4 is 10.9 Å². The number of hydrazine groups is 1. The van der Waals surface area contributed by atoms with E-state index >= 15 is 0 Å². The number of nitrogens with one attached hydrogen (secondary N) is 2. The van der Waals surface area contributed by atoms with Crippen LogP contribution in [-0.2, 0) is 20.7 Å². The lowest BCUT2D eigenvalue weighted by Crippen LogP contribution is -2.46. The zero-order valence-electron chi connectivity index (χ0n) is 13.5. The van der Waals surface area contributed by atoms with Crippen molar-refractivity contribution in [3.8, 4) is 0 Å². The van der Waals surface area contributed by atoms with Crippen molar-refractivity contribution < 1.29 is 23.5 Å². The molecule has 0 saturated carbocycles. The molecule has 0 aromatic heterocycles. The SMILES string of the molecule is C[C@@H](OC(=O)Cc1cccc(F)c1)C(=O)NNC(=O)c1ccccc1. The van der Waals surface area contributed by atoms with Gasteiger partial charge in [0.1, 0.15) is 5.82 Å². The number of esters is 1. The average molecular weight is 344 g/mol. The summed E-state index contributed by atoms with van der Waals surface area (Å²) in [5.41, 5.74) is 5.23. The molecule has 0 fully saturated rings. The van der Waals surface area contributed by atoms with Gasteiger partial charge in [-0.15, -0.1) is 0 Å². The summed E-state index contributed by atoms with van der Waals surface area (Å²) < 4.78 is 18.0. The van der Waals surface area contributed by atoms with Crippen LogP contribution in [0.2, 0.25) is 0 Å². The molecule has 2 N–H and O–H groups in total. The predicted octanol–water partition coefficient (Wildman–Crippen LogP) is 1.76. The van der Waals surface area contributed by atoms with Crippen molar-refractivity contribution in [2.75, 3.05) is 0 Å². The Kier molecular flexibility index (Phi) is 6.22. The molecule has 130 valence electrons. The van der Waals surface area contributed by atoms with Crippen LogP contribution in [0.4, 0.5) is 4.39 Å². The lowest BCUT2D eigenvalue weighted by molar-refractivity contribution is -0.154. The van der Waals surface area contributed by atoms with Crippen LogP contribution in [0, 0.1) is 5.82 Å². The fourth-order valence-electron chi connectivity index (χ4n) is 1.99. The zero-order chi connectivity index (χ0) is 18.2. The maximum Gasteiger partial charge on any atom is 0.311 e. The van der Waals surface area contributed by atoms with Gasteiger partial charge in [-0.05, 0) is 36.8 Å². The van der Waals surface area contributed by atoms with E-state index in [-0.39, 0.29) is 6.42 Å². The van der Waals surface area contributed by atoms with Gasteiger partial charge < -0.3 is 4.74 Å². The molecule has 2 aromatic rings. The van der Waals surface area contributed by atoms with Gasteiger partial charge in [0, 0.05) is 5.56 Å². The van der Waals surface area contributed by atoms with E-state index in [9.17, 15) is 18.8 Å². The van der Waals surface area contributed by atoms with Gasteiger partial charge in [0.2, 0.25) is 0 Å². The molecule has 0 unspecified atom stereocenters. The van der Waals surface area contributed by atoms with E-state index in [0.29, 0.717) is 11.1 Å². The van der Waals surface area contributed by atoms with Gasteiger partial charge in [0.05, 0.1) is 6.42 Å². The third kappa shape index (κ3) is 5.72. The van der Waals surface area contributed by atoms with Gasteiger partial charge in [-0.2, -0.15) is 0 Å². The number of benzene rings is 2. The van der Waals surface area contributed by atoms with Crippen molar-refractivity contribution in [1.29, 1.82) is 0 Å². The van der Waals surface area contributed by atoms with Gasteiger partial charge in [0.25, 0.3) is 11.8 Å². The first-order valence-electron chi connectivity index (χ1n) is 7.55. The minimum atomic E-state index is -1.11. The van der Waals surface area contributed by atoms with E-state index in [2.05, 4.69) is 10.9 Å². The lowest BCUT2D eigenvalue weighted by atomic mass is 10.1. The normalized spacial score (nSPS) is 11.3. The first-order chi connectivity index (χ1) is 12.0. The first-order valence-corrected chi connectivity index (χ1v) is 7.55. The minimum Gasteiger partial charge on any atom is -0.452 e. The molecule has 25 heavy (non-hydrogen) atoms. The smallest absolute Gasteiger partial charge is 0.311 e. The molecule has 0 heterocycles. The Morgan fingerprint density at radius 1 is 1.04 bits per heavy atom. The van der Waals surface area contributed by atoms with Gasteiger partial charge in [-0.25, -0.2) is 4.39 Å². The third-order valence-electron chi connectivity index (χ3n) is 3.25. The van der Waals surface area contributed by atoms with Crippen molar-refractivity contribution in [1.82, 2.24) is 10.9 Å². The van der Waals surface area contributed by atoms with Crippen molar-refractivity contribution >= 4 is 17.8 Å². The van der Waals surface area contributed by atoms with Crippen molar-refractivity contribution in [2.45, 2.75) is 19.4 Å². The molecule has 2 rings (SSSR count). The average Bonchev–Trinajstić information content (AvgIpc) is 2.59. The molecule has 0 bridgehead atoms. The van der Waals surface area contributed by atoms with Crippen molar-refractivity contribution in [3.63, 3.8) is 0 Å². The zero-order valence-corrected chi connectivity index (χ0v) is 13.5. The molecule has 7 heteroatoms. The molecule has 6 nitrogen and oxygen atoms in total. The van der Waals surface area contributed by atoms with Crippen LogP contribution in [0.15, 0.2) is 54.6 Å². The molecule has 2 amide bonds. The van der Waals surface area contributed by atoms with E-state index in [4.69, 9.17) is 4.74 Å². The lowest BCUT2D eigenvalue weighted by Gasteiger charge is -2.14. The summed E-state index contributed by atoms with van der Waals surface area (Å²) >= 11 is 0. The molecule has 0 radical (unpaired) electrons. The highest BCUT2D eigenvalue weighted by molar-refractivity contribution is 5.95. The maximum absolute atomic E-state index is 13.1. The summed E-state index contributed by atoms with van der Waals surface area (Å²) in [4.78, 5) is 35.4. The van der Waals surface area contributed by atoms with Crippen molar-refractivity contribution in [2.24, 2.45) is 0 Å². The standard InChI is InChI=1S/C18H17FN2O4/c1-12(25-16(22)11-13-6-5-9-15(19)10-13)17(23)20-21-18(24)14-7-3-2-4-8-14/h2-10,12H,11H2,1H3,(H,20,23)(H,21,24)/t12-/m1/s1. The number of halogens is 1. The van der Waals surface area contributed by atoms with E-state index < -0.39 is 29.7 Å². The van der Waals surface area contributed by atoms with E-state index in [1.807, 2.05) is 0 Å². The minimum absolute atomic E-state index is 0.161. The number of carbonyl (C=O) groups is 3. The number of ether oxygens (including phenoxy) is 1. The second kappa shape index (κ2) is 8.58. The highest BCUT2D eigenvalue weighted by Gasteiger charge is 2.18. The van der Waals surface area contributed by atoms with E-state index in [0.717, 1.165) is 0 Å². The van der Waals surface area contributed by atoms with Gasteiger partial charge in [-0.1, -0.05) is 30.3 Å². The Morgan fingerprint density at radius 3 is 2.44 bits per heavy atom. The van der Waals surface area contributed by atoms with Crippen LogP contribution in [0.3, 0.4) is 0 Å². The van der Waals surface area contributed by atoms with Gasteiger partial charge in [0.15, 0.2) is 6.10 Å². The predicted molar refractivity (Wildman–Crippen MR) is 87.7 cm³/mol. The van der Waals surface area contributed by atoms with Crippen LogP contribution in [0.1, 0.15) is 22.8 Å². The molecule has 0 spiro atoms. The number of hydrogen-bond donors (Lipinski definition) is 2. The molecular weight excluding hydrogens is 327 g/mol. The van der Waals surface area contributed by atoms with E-state index in [1.165, 1.54) is 25.1 Å². The molecular formula is C18H17FN2O4. The first kappa shape index (κ1) is 18.1. The van der Waals surface area contributed by atoms with Crippen LogP contribution in [-0.4, -0.2) is 23.9 Å². The fourth-order valence-corrected chi connectivity index (χ4v) is 1.99. The van der Waals surface area contributed by atoms with Crippen LogP contribution in [0.25, 0.3) is 0 Å². The maximum atomic E-state index is 13.1. The summed E-state index contributed by atoms with van der Waals surface area (Å²) in [6.07, 6.45) is -1.27. The summed E-state index contributed by atoms with van der Waals surface area (Å²) in [5, 5.41) is 0. The number of hydrogen-bond acceptors (Lipinski definition) is 4. The quantitative estimate of drug-likeness (QED) is 0.639.